The number of nitrogens with one attached hydrogen (secondary N) is 1. The Morgan fingerprint density at radius 1 is 1.16 bits per heavy atom. The molecule has 0 aliphatic carbocycles. The molecule has 0 bridgehead atoms. The molecule has 2 nitrogen and oxygen atoms in total. The lowest BCUT2D eigenvalue weighted by molar-refractivity contribution is 0.357. The first-order valence-corrected chi connectivity index (χ1v) is 6.78. The zero-order valence-corrected chi connectivity index (χ0v) is 11.5. The van der Waals surface area contributed by atoms with E-state index in [0.29, 0.717) is 0 Å². The minimum atomic E-state index is 0.815. The van der Waals surface area contributed by atoms with E-state index in [2.05, 4.69) is 48.6 Å². The van der Waals surface area contributed by atoms with Crippen molar-refractivity contribution >= 4 is 0 Å². The van der Waals surface area contributed by atoms with E-state index >= 15 is 0 Å². The fourth-order valence-electron chi connectivity index (χ4n) is 2.66. The normalized spacial score (nSPS) is 13.2. The van der Waals surface area contributed by atoms with Gasteiger partial charge in [-0.25, -0.2) is 0 Å². The largest absolute Gasteiger partial charge is 0.493 e. The van der Waals surface area contributed by atoms with E-state index in [1.807, 2.05) is 7.05 Å². The Balaban J connectivity index is 2.07. The van der Waals surface area contributed by atoms with Crippen molar-refractivity contribution in [3.8, 4) is 16.9 Å². The molecule has 98 valence electrons. The van der Waals surface area contributed by atoms with Gasteiger partial charge in [-0.1, -0.05) is 29.8 Å². The van der Waals surface area contributed by atoms with Crippen molar-refractivity contribution < 1.29 is 4.74 Å². The van der Waals surface area contributed by atoms with Crippen molar-refractivity contribution in [1.29, 1.82) is 0 Å². The van der Waals surface area contributed by atoms with Crippen LogP contribution in [0.4, 0.5) is 0 Å². The van der Waals surface area contributed by atoms with Gasteiger partial charge in [0.05, 0.1) is 6.61 Å². The molecule has 19 heavy (non-hydrogen) atoms. The summed E-state index contributed by atoms with van der Waals surface area (Å²) in [5.74, 6) is 1.05. The monoisotopic (exact) mass is 253 g/mol. The zero-order valence-electron chi connectivity index (χ0n) is 11.5. The Hall–Kier alpha value is -1.80. The maximum atomic E-state index is 5.58. The molecule has 0 saturated heterocycles. The summed E-state index contributed by atoms with van der Waals surface area (Å²) in [5, 5.41) is 3.24. The van der Waals surface area contributed by atoms with Crippen molar-refractivity contribution in [2.24, 2.45) is 0 Å². The molecule has 2 heteroatoms. The van der Waals surface area contributed by atoms with E-state index in [4.69, 9.17) is 4.74 Å². The van der Waals surface area contributed by atoms with Crippen LogP contribution in [0.3, 0.4) is 0 Å². The summed E-state index contributed by atoms with van der Waals surface area (Å²) in [7, 11) is 1.99. The molecule has 0 spiro atoms. The van der Waals surface area contributed by atoms with Crippen molar-refractivity contribution in [2.45, 2.75) is 19.9 Å². The number of benzene rings is 2. The second-order valence-electron chi connectivity index (χ2n) is 5.11. The quantitative estimate of drug-likeness (QED) is 0.906. The van der Waals surface area contributed by atoms with Gasteiger partial charge in [-0.05, 0) is 48.4 Å². The molecule has 0 atom stereocenters. The van der Waals surface area contributed by atoms with Crippen LogP contribution < -0.4 is 10.1 Å². The van der Waals surface area contributed by atoms with E-state index in [1.165, 1.54) is 27.8 Å². The lowest BCUT2D eigenvalue weighted by Gasteiger charge is -2.12. The summed E-state index contributed by atoms with van der Waals surface area (Å²) in [6, 6.07) is 13.2. The molecular weight excluding hydrogens is 234 g/mol. The fourth-order valence-corrected chi connectivity index (χ4v) is 2.66. The van der Waals surface area contributed by atoms with Crippen LogP contribution in [0.25, 0.3) is 11.1 Å². The number of aryl methyl sites for hydroxylation is 1. The van der Waals surface area contributed by atoms with Crippen LogP contribution in [0.2, 0.25) is 0 Å². The predicted octanol–water partition coefficient (Wildman–Crippen LogP) is 3.32. The first kappa shape index (κ1) is 12.2. The number of fused-ring (bicyclic) bond motifs is 1. The summed E-state index contributed by atoms with van der Waals surface area (Å²) in [4.78, 5) is 0. The molecule has 0 amide bonds. The molecule has 0 radical (unpaired) electrons. The van der Waals surface area contributed by atoms with Crippen LogP contribution in [0, 0.1) is 6.92 Å². The Morgan fingerprint density at radius 3 is 2.89 bits per heavy atom. The standard InChI is InChI=1S/C17H19NO/c1-12-3-4-15(11-18-2)16(9-12)13-5-6-17-14(10-13)7-8-19-17/h3-6,9-10,18H,7-8,11H2,1-2H3. The molecule has 0 fully saturated rings. The second kappa shape index (κ2) is 5.06. The first-order chi connectivity index (χ1) is 9.28. The van der Waals surface area contributed by atoms with Crippen LogP contribution >= 0.6 is 0 Å². The van der Waals surface area contributed by atoms with Gasteiger partial charge in [-0.2, -0.15) is 0 Å². The lowest BCUT2D eigenvalue weighted by atomic mass is 9.95. The average molecular weight is 253 g/mol. The van der Waals surface area contributed by atoms with Gasteiger partial charge < -0.3 is 10.1 Å². The molecule has 0 saturated carbocycles. The first-order valence-electron chi connectivity index (χ1n) is 6.78. The van der Waals surface area contributed by atoms with Gasteiger partial charge in [0.25, 0.3) is 0 Å². The van der Waals surface area contributed by atoms with Gasteiger partial charge in [-0.15, -0.1) is 0 Å². The van der Waals surface area contributed by atoms with Gasteiger partial charge in [0, 0.05) is 13.0 Å². The van der Waals surface area contributed by atoms with Crippen LogP contribution in [0.1, 0.15) is 16.7 Å². The van der Waals surface area contributed by atoms with E-state index < -0.39 is 0 Å². The van der Waals surface area contributed by atoms with Gasteiger partial charge >= 0.3 is 0 Å². The summed E-state index contributed by atoms with van der Waals surface area (Å²) in [6.07, 6.45) is 1.02. The molecule has 1 aliphatic rings. The maximum absolute atomic E-state index is 5.58. The lowest BCUT2D eigenvalue weighted by Crippen LogP contribution is -2.06. The summed E-state index contributed by atoms with van der Waals surface area (Å²) in [6.45, 7) is 3.85. The molecule has 2 aromatic carbocycles. The maximum Gasteiger partial charge on any atom is 0.122 e. The Kier molecular flexibility index (Phi) is 3.26. The van der Waals surface area contributed by atoms with Crippen LogP contribution in [-0.2, 0) is 13.0 Å². The molecule has 3 rings (SSSR count). The van der Waals surface area contributed by atoms with Gasteiger partial charge in [-0.3, -0.25) is 0 Å². The van der Waals surface area contributed by atoms with E-state index in [1.54, 1.807) is 0 Å². The van der Waals surface area contributed by atoms with E-state index in [-0.39, 0.29) is 0 Å². The predicted molar refractivity (Wildman–Crippen MR) is 78.6 cm³/mol. The number of hydrogen-bond acceptors (Lipinski definition) is 2. The van der Waals surface area contributed by atoms with Crippen molar-refractivity contribution in [1.82, 2.24) is 5.32 Å². The number of hydrogen-bond donors (Lipinski definition) is 1. The zero-order chi connectivity index (χ0) is 13.2. The highest BCUT2D eigenvalue weighted by atomic mass is 16.5. The van der Waals surface area contributed by atoms with Crippen LogP contribution in [0.15, 0.2) is 36.4 Å². The molecule has 1 N–H and O–H groups in total. The van der Waals surface area contributed by atoms with Gasteiger partial charge in [0.2, 0.25) is 0 Å². The highest BCUT2D eigenvalue weighted by Crippen LogP contribution is 2.32. The van der Waals surface area contributed by atoms with Crippen molar-refractivity contribution in [2.75, 3.05) is 13.7 Å². The average Bonchev–Trinajstić information content (AvgIpc) is 2.88. The van der Waals surface area contributed by atoms with Gasteiger partial charge in [0.15, 0.2) is 0 Å². The van der Waals surface area contributed by atoms with Crippen molar-refractivity contribution in [3.63, 3.8) is 0 Å². The van der Waals surface area contributed by atoms with E-state index in [9.17, 15) is 0 Å². The van der Waals surface area contributed by atoms with E-state index in [0.717, 1.165) is 25.3 Å². The minimum absolute atomic E-state index is 0.815. The summed E-state index contributed by atoms with van der Waals surface area (Å²) >= 11 is 0. The number of rotatable bonds is 3. The SMILES string of the molecule is CNCc1ccc(C)cc1-c1ccc2c(c1)CCO2. The molecule has 1 heterocycles. The Morgan fingerprint density at radius 2 is 2.05 bits per heavy atom. The number of ether oxygens (including phenoxy) is 1. The fraction of sp³-hybridized carbons (Fsp3) is 0.294. The minimum Gasteiger partial charge on any atom is -0.493 e. The highest BCUT2D eigenvalue weighted by Gasteiger charge is 2.14. The summed E-state index contributed by atoms with van der Waals surface area (Å²) in [5.41, 5.74) is 6.58. The Labute approximate surface area is 114 Å². The third-order valence-electron chi connectivity index (χ3n) is 3.63. The highest BCUT2D eigenvalue weighted by molar-refractivity contribution is 5.70. The molecule has 1 aliphatic heterocycles. The summed E-state index contributed by atoms with van der Waals surface area (Å²) < 4.78 is 5.58. The van der Waals surface area contributed by atoms with Crippen LogP contribution in [0.5, 0.6) is 5.75 Å². The smallest absolute Gasteiger partial charge is 0.122 e. The third kappa shape index (κ3) is 2.36. The van der Waals surface area contributed by atoms with Crippen molar-refractivity contribution in [3.05, 3.63) is 53.1 Å². The third-order valence-corrected chi connectivity index (χ3v) is 3.63. The topological polar surface area (TPSA) is 21.3 Å². The molecule has 2 aromatic rings. The molecule has 0 unspecified atom stereocenters. The molecular formula is C17H19NO. The Bertz CT molecular complexity index is 604. The van der Waals surface area contributed by atoms with Gasteiger partial charge in [0.1, 0.15) is 5.75 Å². The molecule has 0 aromatic heterocycles. The second-order valence-corrected chi connectivity index (χ2v) is 5.11. The van der Waals surface area contributed by atoms with Crippen LogP contribution in [-0.4, -0.2) is 13.7 Å².